The molecule has 1 rings (SSSR count). The number of imide groups is 1. The zero-order valence-electron chi connectivity index (χ0n) is 10.3. The van der Waals surface area contributed by atoms with Crippen molar-refractivity contribution in [3.63, 3.8) is 0 Å². The molecule has 0 aromatic heterocycles. The minimum absolute atomic E-state index is 0.231. The predicted molar refractivity (Wildman–Crippen MR) is 64.4 cm³/mol. The third-order valence-electron chi connectivity index (χ3n) is 2.17. The minimum Gasteiger partial charge on any atom is -0.446 e. The summed E-state index contributed by atoms with van der Waals surface area (Å²) in [6, 6.07) is 7.64. The van der Waals surface area contributed by atoms with Crippen LogP contribution >= 0.6 is 0 Å². The van der Waals surface area contributed by atoms with Crippen LogP contribution in [0.5, 0.6) is 0 Å². The molecule has 0 radical (unpaired) electrons. The lowest BCUT2D eigenvalue weighted by molar-refractivity contribution is -0.117. The van der Waals surface area contributed by atoms with Gasteiger partial charge in [-0.15, -0.1) is 0 Å². The van der Waals surface area contributed by atoms with Gasteiger partial charge in [0.2, 0.25) is 6.41 Å². The van der Waals surface area contributed by atoms with Gasteiger partial charge in [-0.1, -0.05) is 29.8 Å². The molecule has 0 saturated heterocycles. The summed E-state index contributed by atoms with van der Waals surface area (Å²) >= 11 is 0. The van der Waals surface area contributed by atoms with Crippen molar-refractivity contribution in [1.29, 1.82) is 0 Å². The average Bonchev–Trinajstić information content (AvgIpc) is 2.27. The summed E-state index contributed by atoms with van der Waals surface area (Å²) in [7, 11) is 0. The van der Waals surface area contributed by atoms with E-state index in [2.05, 4.69) is 0 Å². The highest BCUT2D eigenvalue weighted by Crippen LogP contribution is 2.07. The van der Waals surface area contributed by atoms with E-state index in [1.807, 2.05) is 31.2 Å². The summed E-state index contributed by atoms with van der Waals surface area (Å²) in [5.74, 6) is 0. The van der Waals surface area contributed by atoms with Crippen LogP contribution in [-0.2, 0) is 16.1 Å². The Hall–Kier alpha value is -1.84. The van der Waals surface area contributed by atoms with Gasteiger partial charge < -0.3 is 4.74 Å². The fourth-order valence-corrected chi connectivity index (χ4v) is 1.30. The van der Waals surface area contributed by atoms with Crippen LogP contribution in [0.3, 0.4) is 0 Å². The van der Waals surface area contributed by atoms with Crippen LogP contribution in [0.25, 0.3) is 0 Å². The van der Waals surface area contributed by atoms with Crippen molar-refractivity contribution in [2.45, 2.75) is 33.4 Å². The highest BCUT2D eigenvalue weighted by Gasteiger charge is 2.15. The van der Waals surface area contributed by atoms with Crippen LogP contribution in [0.4, 0.5) is 4.79 Å². The molecule has 0 aliphatic heterocycles. The molecule has 0 fully saturated rings. The second-order valence-electron chi connectivity index (χ2n) is 4.15. The number of ether oxygens (including phenoxy) is 1. The second-order valence-corrected chi connectivity index (χ2v) is 4.15. The van der Waals surface area contributed by atoms with Crippen LogP contribution in [0.1, 0.15) is 25.0 Å². The summed E-state index contributed by atoms with van der Waals surface area (Å²) in [6.45, 7) is 5.70. The Balaban J connectivity index is 2.66. The molecule has 4 nitrogen and oxygen atoms in total. The molecular weight excluding hydrogens is 218 g/mol. The van der Waals surface area contributed by atoms with Crippen LogP contribution in [0.15, 0.2) is 24.3 Å². The van der Waals surface area contributed by atoms with E-state index in [1.165, 1.54) is 0 Å². The molecule has 92 valence electrons. The quantitative estimate of drug-likeness (QED) is 0.753. The van der Waals surface area contributed by atoms with Gasteiger partial charge in [0.05, 0.1) is 12.6 Å². The molecule has 0 aliphatic rings. The van der Waals surface area contributed by atoms with Gasteiger partial charge in [0, 0.05) is 0 Å². The van der Waals surface area contributed by atoms with Crippen molar-refractivity contribution in [1.82, 2.24) is 4.90 Å². The number of aryl methyl sites for hydroxylation is 1. The van der Waals surface area contributed by atoms with Crippen LogP contribution in [0.2, 0.25) is 0 Å². The molecule has 0 N–H and O–H groups in total. The number of hydrogen-bond acceptors (Lipinski definition) is 3. The lowest BCUT2D eigenvalue weighted by Gasteiger charge is -2.17. The number of carbonyl (C=O) groups excluding carboxylic acids is 2. The predicted octanol–water partition coefficient (Wildman–Crippen LogP) is 2.50. The van der Waals surface area contributed by atoms with Crippen molar-refractivity contribution in [2.75, 3.05) is 0 Å². The van der Waals surface area contributed by atoms with Crippen molar-refractivity contribution >= 4 is 12.5 Å². The first-order chi connectivity index (χ1) is 8.02. The lowest BCUT2D eigenvalue weighted by Crippen LogP contribution is -2.31. The Morgan fingerprint density at radius 1 is 1.35 bits per heavy atom. The van der Waals surface area contributed by atoms with Crippen molar-refractivity contribution in [3.8, 4) is 0 Å². The summed E-state index contributed by atoms with van der Waals surface area (Å²) in [6.07, 6.45) is -0.358. The van der Waals surface area contributed by atoms with Crippen molar-refractivity contribution < 1.29 is 14.3 Å². The molecule has 0 unspecified atom stereocenters. The zero-order chi connectivity index (χ0) is 12.8. The average molecular weight is 235 g/mol. The summed E-state index contributed by atoms with van der Waals surface area (Å²) in [5.41, 5.74) is 2.03. The van der Waals surface area contributed by atoms with Crippen molar-refractivity contribution in [3.05, 3.63) is 35.4 Å². The number of benzene rings is 1. The number of rotatable bonds is 4. The first-order valence-corrected chi connectivity index (χ1v) is 5.51. The van der Waals surface area contributed by atoms with E-state index in [0.29, 0.717) is 6.41 Å². The Labute approximate surface area is 101 Å². The molecule has 0 saturated carbocycles. The van der Waals surface area contributed by atoms with Gasteiger partial charge in [-0.3, -0.25) is 4.79 Å². The maximum Gasteiger partial charge on any atom is 0.416 e. The van der Waals surface area contributed by atoms with Gasteiger partial charge in [-0.25, -0.2) is 9.69 Å². The Morgan fingerprint density at radius 2 is 1.94 bits per heavy atom. The van der Waals surface area contributed by atoms with Crippen LogP contribution in [0, 0.1) is 6.92 Å². The van der Waals surface area contributed by atoms with E-state index >= 15 is 0 Å². The Morgan fingerprint density at radius 3 is 2.41 bits per heavy atom. The SMILES string of the molecule is Cc1ccc(CN(C=O)C(=O)OC(C)C)cc1. The van der Waals surface area contributed by atoms with Gasteiger partial charge in [0.1, 0.15) is 0 Å². The van der Waals surface area contributed by atoms with E-state index < -0.39 is 6.09 Å². The van der Waals surface area contributed by atoms with E-state index in [-0.39, 0.29) is 12.6 Å². The smallest absolute Gasteiger partial charge is 0.416 e. The first-order valence-electron chi connectivity index (χ1n) is 5.51. The summed E-state index contributed by atoms with van der Waals surface area (Å²) in [5, 5.41) is 0. The zero-order valence-corrected chi connectivity index (χ0v) is 10.3. The Kier molecular flexibility index (Phi) is 4.69. The highest BCUT2D eigenvalue weighted by atomic mass is 16.6. The molecule has 0 atom stereocenters. The minimum atomic E-state index is -0.615. The normalized spacial score (nSPS) is 10.1. The monoisotopic (exact) mass is 235 g/mol. The van der Waals surface area contributed by atoms with Gasteiger partial charge in [0.15, 0.2) is 0 Å². The van der Waals surface area contributed by atoms with Gasteiger partial charge in [-0.2, -0.15) is 0 Å². The second kappa shape index (κ2) is 6.03. The maximum absolute atomic E-state index is 11.5. The molecule has 4 heteroatoms. The fourth-order valence-electron chi connectivity index (χ4n) is 1.30. The standard InChI is InChI=1S/C13H17NO3/c1-10(2)17-13(16)14(9-15)8-12-6-4-11(3)5-7-12/h4-7,9-10H,8H2,1-3H3. The molecule has 0 bridgehead atoms. The number of carbonyl (C=O) groups is 2. The first kappa shape index (κ1) is 13.2. The highest BCUT2D eigenvalue weighted by molar-refractivity contribution is 5.80. The molecule has 2 amide bonds. The van der Waals surface area contributed by atoms with E-state index in [4.69, 9.17) is 4.74 Å². The fraction of sp³-hybridized carbons (Fsp3) is 0.385. The molecule has 0 aliphatic carbocycles. The lowest BCUT2D eigenvalue weighted by atomic mass is 10.1. The number of hydrogen-bond donors (Lipinski definition) is 0. The molecule has 1 aromatic rings. The van der Waals surface area contributed by atoms with Gasteiger partial charge >= 0.3 is 6.09 Å². The molecule has 0 spiro atoms. The van der Waals surface area contributed by atoms with Crippen LogP contribution in [-0.4, -0.2) is 23.5 Å². The molecule has 1 aromatic carbocycles. The van der Waals surface area contributed by atoms with E-state index in [1.54, 1.807) is 13.8 Å². The Bertz CT molecular complexity index is 384. The molecule has 0 heterocycles. The topological polar surface area (TPSA) is 46.6 Å². The van der Waals surface area contributed by atoms with E-state index in [9.17, 15) is 9.59 Å². The molecule has 17 heavy (non-hydrogen) atoms. The third-order valence-corrected chi connectivity index (χ3v) is 2.17. The summed E-state index contributed by atoms with van der Waals surface area (Å²) < 4.78 is 4.95. The number of nitrogens with zero attached hydrogens (tertiary/aromatic N) is 1. The van der Waals surface area contributed by atoms with Crippen molar-refractivity contribution in [2.24, 2.45) is 0 Å². The van der Waals surface area contributed by atoms with Gasteiger partial charge in [0.25, 0.3) is 0 Å². The van der Waals surface area contributed by atoms with Crippen LogP contribution < -0.4 is 0 Å². The summed E-state index contributed by atoms with van der Waals surface area (Å²) in [4.78, 5) is 23.4. The van der Waals surface area contributed by atoms with E-state index in [0.717, 1.165) is 16.0 Å². The third kappa shape index (κ3) is 4.26. The van der Waals surface area contributed by atoms with Gasteiger partial charge in [-0.05, 0) is 26.3 Å². The number of amides is 2. The molecular formula is C13H17NO3. The largest absolute Gasteiger partial charge is 0.446 e. The maximum atomic E-state index is 11.5.